The number of hydrogen-bond donors (Lipinski definition) is 1. The molecule has 0 spiro atoms. The van der Waals surface area contributed by atoms with Crippen LogP contribution in [0, 0.1) is 29.1 Å². The molecule has 0 radical (unpaired) electrons. The molecule has 7 atom stereocenters. The number of carbonyl (C=O) groups excluding carboxylic acids is 4. The number of pyridine rings is 1. The van der Waals surface area contributed by atoms with Gasteiger partial charge in [-0.05, 0) is 101 Å². The second-order valence-corrected chi connectivity index (χ2v) is 23.4. The number of hydrogen-bond acceptors (Lipinski definition) is 11. The molecule has 0 unspecified atom stereocenters. The van der Waals surface area contributed by atoms with Gasteiger partial charge in [-0.25, -0.2) is 22.2 Å². The number of amides is 2. The van der Waals surface area contributed by atoms with Gasteiger partial charge in [0.05, 0.1) is 52.8 Å². The number of sulfonamides is 1. The zero-order chi connectivity index (χ0) is 47.1. The lowest BCUT2D eigenvalue weighted by molar-refractivity contribution is -0.153. The zero-order valence-electron chi connectivity index (χ0n) is 39.0. The van der Waals surface area contributed by atoms with E-state index >= 15 is 4.79 Å². The minimum absolute atomic E-state index is 0.0358. The Balaban J connectivity index is 1.03. The van der Waals surface area contributed by atoms with Gasteiger partial charge in [-0.15, -0.1) is 6.58 Å². The molecule has 13 nitrogen and oxygen atoms in total. The van der Waals surface area contributed by atoms with Gasteiger partial charge in [-0.2, -0.15) is 0 Å². The summed E-state index contributed by atoms with van der Waals surface area (Å²) in [4.78, 5) is 66.5. The fourth-order valence-corrected chi connectivity index (χ4v) is 12.7. The normalized spacial score (nSPS) is 31.2. The van der Waals surface area contributed by atoms with E-state index in [1.165, 1.54) is 0 Å². The number of nitrogens with one attached hydrogen (secondary N) is 1. The summed E-state index contributed by atoms with van der Waals surface area (Å²) in [6.45, 7) is 7.19. The molecule has 16 heteroatoms. The van der Waals surface area contributed by atoms with E-state index in [4.69, 9.17) is 19.2 Å². The lowest BCUT2D eigenvalue weighted by atomic mass is 9.77. The van der Waals surface area contributed by atoms with Crippen LogP contribution < -0.4 is 14.2 Å². The molecule has 4 saturated carbocycles. The number of esters is 1. The Hall–Kier alpha value is -4.18. The number of ether oxygens (including phenoxy) is 3. The number of allylic oxidation sites excluding steroid dienone is 1. The van der Waals surface area contributed by atoms with Crippen molar-refractivity contribution in [2.24, 2.45) is 29.1 Å². The Labute approximate surface area is 393 Å². The maximum atomic E-state index is 15.2. The van der Waals surface area contributed by atoms with Gasteiger partial charge >= 0.3 is 5.97 Å². The van der Waals surface area contributed by atoms with Crippen LogP contribution in [0.25, 0.3) is 10.9 Å². The first-order valence-corrected chi connectivity index (χ1v) is 26.6. The van der Waals surface area contributed by atoms with Gasteiger partial charge in [0.25, 0.3) is 5.92 Å². The third kappa shape index (κ3) is 10.5. The predicted octanol–water partition coefficient (Wildman–Crippen LogP) is 7.87. The van der Waals surface area contributed by atoms with Crippen LogP contribution in [0.1, 0.15) is 134 Å². The molecule has 1 aromatic heterocycles. The highest BCUT2D eigenvalue weighted by molar-refractivity contribution is 7.91. The molecular weight excluding hydrogens is 883 g/mol. The van der Waals surface area contributed by atoms with Crippen LogP contribution in [0.4, 0.5) is 8.78 Å². The molecule has 7 aliphatic rings. The van der Waals surface area contributed by atoms with Crippen molar-refractivity contribution in [2.75, 3.05) is 32.8 Å². The summed E-state index contributed by atoms with van der Waals surface area (Å²) in [6.07, 6.45) is 11.3. The zero-order valence-corrected chi connectivity index (χ0v) is 39.8. The van der Waals surface area contributed by atoms with Crippen molar-refractivity contribution in [3.8, 4) is 11.6 Å². The van der Waals surface area contributed by atoms with Gasteiger partial charge in [0.15, 0.2) is 5.78 Å². The number of nitrogens with zero attached hydrogens (tertiary/aromatic N) is 3. The Morgan fingerprint density at radius 3 is 2.40 bits per heavy atom. The van der Waals surface area contributed by atoms with E-state index in [0.717, 1.165) is 75.2 Å². The largest absolute Gasteiger partial charge is 0.492 e. The SMILES string of the molecule is C=C[C@@H]1C[C@]1(CC(=O)[C@@H]1C[C@@H]2CN1C(=O)[C@H](C1CCCCC1)CC(=O)O[C@@H]1C[C@H]1CCCCCc1c(nc3ccccc3c1OCCCN1CCC(F)(F)CC1)O2)C(=O)NS(=O)(=O)C1(C)CC1. The van der Waals surface area contributed by atoms with Crippen LogP contribution in [0.15, 0.2) is 36.9 Å². The molecule has 2 amide bonds. The lowest BCUT2D eigenvalue weighted by Crippen LogP contribution is -2.48. The average molecular weight is 951 g/mol. The number of halogens is 2. The molecule has 3 aliphatic heterocycles. The summed E-state index contributed by atoms with van der Waals surface area (Å²) < 4.78 is 75.2. The number of piperidine rings is 1. The molecule has 1 N–H and O–H groups in total. The second-order valence-electron chi connectivity index (χ2n) is 21.2. The van der Waals surface area contributed by atoms with E-state index < -0.39 is 62.0 Å². The number of aromatic nitrogens is 1. The van der Waals surface area contributed by atoms with E-state index in [9.17, 15) is 31.6 Å². The number of likely N-dealkylation sites (tertiary alicyclic amines) is 1. The van der Waals surface area contributed by atoms with Crippen molar-refractivity contribution in [1.29, 1.82) is 0 Å². The van der Waals surface area contributed by atoms with Gasteiger partial charge in [0.2, 0.25) is 27.7 Å². The number of benzene rings is 1. The van der Waals surface area contributed by atoms with Crippen LogP contribution in [-0.4, -0.2) is 108 Å². The molecule has 2 aromatic rings. The van der Waals surface area contributed by atoms with Crippen LogP contribution >= 0.6 is 0 Å². The van der Waals surface area contributed by atoms with Gasteiger partial charge in [-0.1, -0.05) is 50.3 Å². The fourth-order valence-electron chi connectivity index (χ4n) is 11.4. The van der Waals surface area contributed by atoms with Crippen molar-refractivity contribution < 1.29 is 50.6 Å². The number of carbonyl (C=O) groups is 4. The number of rotatable bonds is 13. The summed E-state index contributed by atoms with van der Waals surface area (Å²) in [6, 6.07) is 6.67. The average Bonchev–Trinajstić information content (AvgIpc) is 4.27. The smallest absolute Gasteiger partial charge is 0.306 e. The Kier molecular flexibility index (Phi) is 13.8. The highest BCUT2D eigenvalue weighted by Gasteiger charge is 2.62. The van der Waals surface area contributed by atoms with E-state index in [2.05, 4.69) is 16.2 Å². The molecule has 9 rings (SSSR count). The summed E-state index contributed by atoms with van der Waals surface area (Å²) >= 11 is 0. The summed E-state index contributed by atoms with van der Waals surface area (Å²) in [5.74, 6) is -4.36. The van der Waals surface area contributed by atoms with Gasteiger partial charge < -0.3 is 24.0 Å². The van der Waals surface area contributed by atoms with Crippen LogP contribution in [0.5, 0.6) is 11.6 Å². The third-order valence-corrected chi connectivity index (χ3v) is 18.5. The number of ketones is 1. The topological polar surface area (TPSA) is 162 Å². The standard InChI is InChI=1S/C51H68F2N4O9S/c1-3-35-30-50(35,48(61)55-67(62,63)49(2)19-20-49)31-42(58)41-28-36-32-57(41)47(60)39(33-13-6-4-7-14-33)29-44(59)66-43-27-34(43)15-8-5-9-17-38-45(37-16-10-11-18-40(37)54-46(38)65-36)64-26-12-23-56-24-21-51(52,53)22-25-56/h3,10-11,16,18,33-36,39,41,43H,1,4-9,12-15,17,19-32H2,2H3,(H,55,61)/t34-,35-,36-,39+,41+,43-,50-/m1/s1. The Morgan fingerprint density at radius 2 is 1.69 bits per heavy atom. The predicted molar refractivity (Wildman–Crippen MR) is 247 cm³/mol. The van der Waals surface area contributed by atoms with Crippen molar-refractivity contribution in [1.82, 2.24) is 19.5 Å². The fraction of sp³-hybridized carbons (Fsp3) is 0.706. The maximum absolute atomic E-state index is 15.2. The van der Waals surface area contributed by atoms with Gasteiger partial charge in [-0.3, -0.25) is 23.9 Å². The molecule has 366 valence electrons. The molecule has 6 fully saturated rings. The molecule has 2 bridgehead atoms. The summed E-state index contributed by atoms with van der Waals surface area (Å²) in [5, 5.41) is 0.821. The number of alkyl halides is 2. The second kappa shape index (κ2) is 19.3. The van der Waals surface area contributed by atoms with Crippen molar-refractivity contribution in [3.05, 3.63) is 42.5 Å². The van der Waals surface area contributed by atoms with E-state index in [1.54, 1.807) is 17.9 Å². The number of fused-ring (bicyclic) bond motifs is 5. The highest BCUT2D eigenvalue weighted by Crippen LogP contribution is 2.57. The summed E-state index contributed by atoms with van der Waals surface area (Å²) in [7, 11) is -3.99. The molecule has 67 heavy (non-hydrogen) atoms. The highest BCUT2D eigenvalue weighted by atomic mass is 32.2. The molecular formula is C51H68F2N4O9S. The Morgan fingerprint density at radius 1 is 0.970 bits per heavy atom. The lowest BCUT2D eigenvalue weighted by Gasteiger charge is -2.34. The first-order valence-electron chi connectivity index (χ1n) is 25.1. The van der Waals surface area contributed by atoms with E-state index in [0.29, 0.717) is 69.1 Å². The molecule has 1 aromatic carbocycles. The minimum atomic E-state index is -3.99. The number of para-hydroxylation sites is 1. The monoisotopic (exact) mass is 950 g/mol. The molecule has 4 heterocycles. The number of Topliss-reactive ketones (excluding diaryl/α,β-unsaturated/α-hetero) is 1. The quantitative estimate of drug-likeness (QED) is 0.118. The van der Waals surface area contributed by atoms with E-state index in [-0.39, 0.29) is 74.7 Å². The van der Waals surface area contributed by atoms with E-state index in [1.807, 2.05) is 24.3 Å². The molecule has 4 aliphatic carbocycles. The van der Waals surface area contributed by atoms with Crippen LogP contribution in [0.2, 0.25) is 0 Å². The summed E-state index contributed by atoms with van der Waals surface area (Å²) in [5.41, 5.74) is 0.109. The van der Waals surface area contributed by atoms with Gasteiger partial charge in [0, 0.05) is 50.7 Å². The van der Waals surface area contributed by atoms with Gasteiger partial charge in [0.1, 0.15) is 18.0 Å². The van der Waals surface area contributed by atoms with Crippen LogP contribution in [0.3, 0.4) is 0 Å². The third-order valence-electron chi connectivity index (χ3n) is 16.3. The van der Waals surface area contributed by atoms with Crippen molar-refractivity contribution >= 4 is 44.5 Å². The van der Waals surface area contributed by atoms with Crippen LogP contribution in [-0.2, 0) is 40.4 Å². The minimum Gasteiger partial charge on any atom is -0.492 e. The first-order chi connectivity index (χ1) is 32.1. The van der Waals surface area contributed by atoms with Crippen molar-refractivity contribution in [3.63, 3.8) is 0 Å². The maximum Gasteiger partial charge on any atom is 0.306 e. The molecule has 2 saturated heterocycles. The first kappa shape index (κ1) is 47.9. The Bertz CT molecular complexity index is 2330. The van der Waals surface area contributed by atoms with Crippen molar-refractivity contribution in [2.45, 2.75) is 164 Å².